The standard InChI is InChI=1S/C20H19ClNPSe/c1-16(17-8-4-2-5-9-17)22-23(24,19-10-6-3-7-11-19)20-14-12-18(21)13-15-20/h2-16H,1H3,(H,22,24)/t16-,23?/m1/s1. The van der Waals surface area contributed by atoms with Crippen LogP contribution in [0.15, 0.2) is 84.9 Å². The zero-order chi connectivity index (χ0) is 17.0. The van der Waals surface area contributed by atoms with Crippen LogP contribution in [-0.4, -0.2) is 15.1 Å². The monoisotopic (exact) mass is 419 g/mol. The number of nitrogens with one attached hydrogen (secondary N) is 1. The Morgan fingerprint density at radius 2 is 1.29 bits per heavy atom. The second kappa shape index (κ2) is 7.83. The Bertz CT molecular complexity index is 835. The molecule has 0 fully saturated rings. The second-order valence-corrected chi connectivity index (χ2v) is 12.1. The molecule has 0 aliphatic rings. The molecule has 1 unspecified atom stereocenters. The molecule has 122 valence electrons. The average molecular weight is 419 g/mol. The molecule has 0 aliphatic carbocycles. The number of rotatable bonds is 5. The van der Waals surface area contributed by atoms with E-state index < -0.39 is 5.66 Å². The van der Waals surface area contributed by atoms with E-state index in [-0.39, 0.29) is 6.04 Å². The maximum absolute atomic E-state index is 6.09. The van der Waals surface area contributed by atoms with E-state index in [1.54, 1.807) is 0 Å². The van der Waals surface area contributed by atoms with Gasteiger partial charge in [0.15, 0.2) is 0 Å². The SMILES string of the molecule is C[C@@H](NP(=[Se])(c1ccccc1)c1ccc(Cl)cc1)c1ccccc1. The summed E-state index contributed by atoms with van der Waals surface area (Å²) in [6.07, 6.45) is 0. The van der Waals surface area contributed by atoms with E-state index in [1.165, 1.54) is 16.2 Å². The minimum absolute atomic E-state index is 0.233. The Morgan fingerprint density at radius 3 is 1.88 bits per heavy atom. The molecule has 0 heterocycles. The van der Waals surface area contributed by atoms with Crippen LogP contribution in [0.5, 0.6) is 0 Å². The molecule has 1 nitrogen and oxygen atoms in total. The fourth-order valence-electron chi connectivity index (χ4n) is 2.68. The van der Waals surface area contributed by atoms with E-state index in [0.29, 0.717) is 0 Å². The molecule has 3 aromatic rings. The van der Waals surface area contributed by atoms with Gasteiger partial charge < -0.3 is 0 Å². The summed E-state index contributed by atoms with van der Waals surface area (Å²) in [6, 6.07) is 29.5. The first-order chi connectivity index (χ1) is 11.6. The summed E-state index contributed by atoms with van der Waals surface area (Å²) < 4.78 is 0. The van der Waals surface area contributed by atoms with Crippen molar-refractivity contribution in [3.8, 4) is 0 Å². The summed E-state index contributed by atoms with van der Waals surface area (Å²) in [5, 5.41) is 7.17. The molecule has 3 aromatic carbocycles. The van der Waals surface area contributed by atoms with Crippen molar-refractivity contribution in [1.82, 2.24) is 5.09 Å². The molecule has 0 spiro atoms. The molecule has 1 N–H and O–H groups in total. The third-order valence-corrected chi connectivity index (χ3v) is 10.4. The minimum atomic E-state index is -1.85. The van der Waals surface area contributed by atoms with Crippen LogP contribution in [0.4, 0.5) is 0 Å². The Labute approximate surface area is 156 Å². The van der Waals surface area contributed by atoms with Gasteiger partial charge >= 0.3 is 157 Å². The van der Waals surface area contributed by atoms with Crippen molar-refractivity contribution in [2.75, 3.05) is 0 Å². The van der Waals surface area contributed by atoms with Gasteiger partial charge in [-0.15, -0.1) is 0 Å². The zero-order valence-corrected chi connectivity index (χ0v) is 16.8. The first-order valence-corrected chi connectivity index (χ1v) is 12.2. The van der Waals surface area contributed by atoms with Crippen molar-refractivity contribution < 1.29 is 0 Å². The Morgan fingerprint density at radius 1 is 0.792 bits per heavy atom. The number of hydrogen-bond acceptors (Lipinski definition) is 1. The molecule has 0 radical (unpaired) electrons. The summed E-state index contributed by atoms with van der Waals surface area (Å²) in [5.41, 5.74) is -0.569. The van der Waals surface area contributed by atoms with Crippen molar-refractivity contribution in [2.45, 2.75) is 13.0 Å². The molecule has 3 rings (SSSR count). The summed E-state index contributed by atoms with van der Waals surface area (Å²) in [4.78, 5) is 0. The summed E-state index contributed by atoms with van der Waals surface area (Å²) >= 11 is 9.59. The van der Waals surface area contributed by atoms with Crippen LogP contribution in [0, 0.1) is 0 Å². The van der Waals surface area contributed by atoms with E-state index in [1.807, 2.05) is 18.2 Å². The Kier molecular flexibility index (Phi) is 5.76. The molecule has 0 aromatic heterocycles. The van der Waals surface area contributed by atoms with Gasteiger partial charge in [0.2, 0.25) is 0 Å². The summed E-state index contributed by atoms with van der Waals surface area (Å²) in [7, 11) is 0. The predicted octanol–water partition coefficient (Wildman–Crippen LogP) is 4.66. The van der Waals surface area contributed by atoms with E-state index in [2.05, 4.69) is 93.8 Å². The normalized spacial score (nSPS) is 14.8. The predicted molar refractivity (Wildman–Crippen MR) is 108 cm³/mol. The van der Waals surface area contributed by atoms with Crippen LogP contribution < -0.4 is 15.7 Å². The number of benzene rings is 3. The Balaban J connectivity index is 2.03. The molecule has 0 saturated heterocycles. The van der Waals surface area contributed by atoms with Crippen molar-refractivity contribution >= 4 is 43.0 Å². The van der Waals surface area contributed by atoms with Gasteiger partial charge in [0.05, 0.1) is 0 Å². The molecule has 0 amide bonds. The number of halogens is 1. The summed E-state index contributed by atoms with van der Waals surface area (Å²) in [5.74, 6) is 0. The molecule has 0 saturated carbocycles. The van der Waals surface area contributed by atoms with Crippen LogP contribution in [0.2, 0.25) is 5.02 Å². The quantitative estimate of drug-likeness (QED) is 0.469. The average Bonchev–Trinajstić information content (AvgIpc) is 2.63. The molecular weight excluding hydrogens is 400 g/mol. The van der Waals surface area contributed by atoms with Gasteiger partial charge in [-0.1, -0.05) is 0 Å². The third-order valence-electron chi connectivity index (χ3n) is 3.99. The first-order valence-electron chi connectivity index (χ1n) is 7.84. The number of hydrogen-bond donors (Lipinski definition) is 1. The molecule has 24 heavy (non-hydrogen) atoms. The van der Waals surface area contributed by atoms with E-state index in [0.717, 1.165) is 5.02 Å². The van der Waals surface area contributed by atoms with Gasteiger partial charge in [0, 0.05) is 0 Å². The fraction of sp³-hybridized carbons (Fsp3) is 0.100. The summed E-state index contributed by atoms with van der Waals surface area (Å²) in [6.45, 7) is 2.21. The van der Waals surface area contributed by atoms with Crippen molar-refractivity contribution in [2.24, 2.45) is 0 Å². The molecule has 0 aliphatic heterocycles. The first kappa shape index (κ1) is 17.7. The third kappa shape index (κ3) is 3.91. The second-order valence-electron chi connectivity index (χ2n) is 5.68. The van der Waals surface area contributed by atoms with Crippen LogP contribution in [0.1, 0.15) is 18.5 Å². The van der Waals surface area contributed by atoms with Gasteiger partial charge in [-0.3, -0.25) is 0 Å². The molecule has 4 heteroatoms. The molecule has 2 atom stereocenters. The van der Waals surface area contributed by atoms with Gasteiger partial charge in [-0.2, -0.15) is 0 Å². The van der Waals surface area contributed by atoms with Crippen LogP contribution in [0.3, 0.4) is 0 Å². The van der Waals surface area contributed by atoms with Gasteiger partial charge in [-0.25, -0.2) is 0 Å². The van der Waals surface area contributed by atoms with Gasteiger partial charge in [-0.05, 0) is 0 Å². The zero-order valence-electron chi connectivity index (χ0n) is 13.4. The van der Waals surface area contributed by atoms with Crippen molar-refractivity contribution in [1.29, 1.82) is 0 Å². The molecule has 0 bridgehead atoms. The van der Waals surface area contributed by atoms with E-state index >= 15 is 0 Å². The van der Waals surface area contributed by atoms with Crippen LogP contribution >= 0.6 is 17.3 Å². The van der Waals surface area contributed by atoms with E-state index in [4.69, 9.17) is 11.6 Å². The van der Waals surface area contributed by atoms with Gasteiger partial charge in [0.25, 0.3) is 0 Å². The van der Waals surface area contributed by atoms with Gasteiger partial charge in [0.1, 0.15) is 0 Å². The van der Waals surface area contributed by atoms with Crippen molar-refractivity contribution in [3.63, 3.8) is 0 Å². The van der Waals surface area contributed by atoms with Crippen LogP contribution in [0.25, 0.3) is 0 Å². The topological polar surface area (TPSA) is 12.0 Å². The van der Waals surface area contributed by atoms with E-state index in [9.17, 15) is 0 Å². The maximum atomic E-state index is 6.09. The fourth-order valence-corrected chi connectivity index (χ4v) is 7.78. The van der Waals surface area contributed by atoms with Crippen molar-refractivity contribution in [3.05, 3.63) is 95.5 Å². The molecular formula is C20H19ClNPSe. The Hall–Kier alpha value is -1.14. The van der Waals surface area contributed by atoms with Crippen LogP contribution in [-0.2, 0) is 0 Å².